The van der Waals surface area contributed by atoms with Crippen molar-refractivity contribution in [1.82, 2.24) is 19.9 Å². The van der Waals surface area contributed by atoms with Gasteiger partial charge in [0.05, 0.1) is 48.7 Å². The van der Waals surface area contributed by atoms with Gasteiger partial charge in [0, 0.05) is 43.0 Å². The number of quaternary nitrogens is 1. The average molecular weight is 506 g/mol. The highest BCUT2D eigenvalue weighted by atomic mass is 19.1. The van der Waals surface area contributed by atoms with Crippen LogP contribution in [0.25, 0.3) is 33.3 Å². The zero-order valence-electron chi connectivity index (χ0n) is 21.4. The van der Waals surface area contributed by atoms with E-state index >= 15 is 4.39 Å². The lowest BCUT2D eigenvalue weighted by atomic mass is 9.83. The molecular weight excluding hydrogens is 471 g/mol. The molecule has 8 nitrogen and oxygen atoms in total. The van der Waals surface area contributed by atoms with Crippen LogP contribution in [-0.4, -0.2) is 70.0 Å². The van der Waals surface area contributed by atoms with Gasteiger partial charge in [-0.2, -0.15) is 0 Å². The molecule has 0 atom stereocenters. The number of benzene rings is 1. The van der Waals surface area contributed by atoms with Crippen LogP contribution < -0.4 is 9.80 Å². The maximum atomic E-state index is 15.1. The Hall–Kier alpha value is -3.14. The lowest BCUT2D eigenvalue weighted by Crippen LogP contribution is -3.12. The number of fused-ring (bicyclic) bond motifs is 2. The second-order valence-electron chi connectivity index (χ2n) is 10.9. The maximum absolute atomic E-state index is 15.1. The first-order valence-electron chi connectivity index (χ1n) is 13.2. The number of hydrogen-bond acceptors (Lipinski definition) is 6. The Morgan fingerprint density at radius 3 is 2.62 bits per heavy atom. The van der Waals surface area contributed by atoms with Gasteiger partial charge < -0.3 is 24.6 Å². The number of ether oxygens (including phenoxy) is 1. The van der Waals surface area contributed by atoms with Crippen molar-refractivity contribution in [2.45, 2.75) is 38.8 Å². The van der Waals surface area contributed by atoms with Gasteiger partial charge >= 0.3 is 0 Å². The van der Waals surface area contributed by atoms with Gasteiger partial charge in [-0.3, -0.25) is 0 Å². The van der Waals surface area contributed by atoms with Crippen LogP contribution >= 0.6 is 0 Å². The number of nitrogens with one attached hydrogen (secondary N) is 2. The normalized spacial score (nSPS) is 21.1. The highest BCUT2D eigenvalue weighted by molar-refractivity contribution is 5.96. The number of aromatic amines is 1. The Kier molecular flexibility index (Phi) is 6.30. The Bertz CT molecular complexity index is 1420. The standard InChI is InChI=1S/C28H33FN6O2/c1-28(2,36)18-8-11-34(12-9-18)17-19-3-5-23-25(31-19)27(35-13-15-37-16-14-35)33-26(32-23)24-20-7-10-30-22(20)6-4-21(24)29/h3-7,10,18,30,36H,8-9,11-17H2,1-2H3/p+1. The Balaban J connectivity index is 1.37. The topological polar surface area (TPSA) is 91.6 Å². The van der Waals surface area contributed by atoms with Gasteiger partial charge in [-0.15, -0.1) is 0 Å². The zero-order chi connectivity index (χ0) is 25.6. The SMILES string of the molecule is CC(C)(O)C1CC[NH+](Cc2ccc3nc(-c4c(F)ccc5[nH]ccc45)nc(N4CCOCC4)c3n2)CC1. The molecule has 0 spiro atoms. The van der Waals surface area contributed by atoms with Gasteiger partial charge in [0.1, 0.15) is 17.9 Å². The van der Waals surface area contributed by atoms with Crippen LogP contribution in [-0.2, 0) is 11.3 Å². The molecular formula is C28H34FN6O2+. The van der Waals surface area contributed by atoms with Crippen molar-refractivity contribution in [2.75, 3.05) is 44.3 Å². The summed E-state index contributed by atoms with van der Waals surface area (Å²) in [5.41, 5.74) is 3.07. The minimum Gasteiger partial charge on any atom is -0.390 e. The summed E-state index contributed by atoms with van der Waals surface area (Å²) in [4.78, 5) is 21.6. The molecule has 5 heterocycles. The van der Waals surface area contributed by atoms with Crippen molar-refractivity contribution < 1.29 is 19.1 Å². The number of H-pyrrole nitrogens is 1. The van der Waals surface area contributed by atoms with Crippen molar-refractivity contribution in [3.05, 3.63) is 48.0 Å². The Morgan fingerprint density at radius 1 is 1.08 bits per heavy atom. The van der Waals surface area contributed by atoms with E-state index in [4.69, 9.17) is 19.7 Å². The molecule has 2 aliphatic rings. The molecule has 0 bridgehead atoms. The number of aliphatic hydroxyl groups is 1. The number of likely N-dealkylation sites (tertiary alicyclic amines) is 1. The summed E-state index contributed by atoms with van der Waals surface area (Å²) in [5.74, 6) is 1.09. The molecule has 2 saturated heterocycles. The predicted octanol–water partition coefficient (Wildman–Crippen LogP) is 2.71. The molecule has 0 saturated carbocycles. The van der Waals surface area contributed by atoms with E-state index in [9.17, 15) is 5.11 Å². The molecule has 194 valence electrons. The number of piperidine rings is 1. The van der Waals surface area contributed by atoms with Crippen LogP contribution in [0.3, 0.4) is 0 Å². The molecule has 4 aromatic rings. The fraction of sp³-hybridized carbons (Fsp3) is 0.464. The van der Waals surface area contributed by atoms with Crippen LogP contribution in [0.5, 0.6) is 0 Å². The highest BCUT2D eigenvalue weighted by Gasteiger charge is 2.32. The summed E-state index contributed by atoms with van der Waals surface area (Å²) in [6.45, 7) is 9.30. The molecule has 37 heavy (non-hydrogen) atoms. The van der Waals surface area contributed by atoms with E-state index in [-0.39, 0.29) is 5.82 Å². The zero-order valence-corrected chi connectivity index (χ0v) is 21.4. The Morgan fingerprint density at radius 2 is 1.86 bits per heavy atom. The first-order chi connectivity index (χ1) is 17.9. The van der Waals surface area contributed by atoms with Gasteiger partial charge in [-0.05, 0) is 50.1 Å². The van der Waals surface area contributed by atoms with Crippen LogP contribution in [0, 0.1) is 11.7 Å². The predicted molar refractivity (Wildman–Crippen MR) is 141 cm³/mol. The minimum absolute atomic E-state index is 0.338. The molecule has 1 aromatic carbocycles. The van der Waals surface area contributed by atoms with Crippen molar-refractivity contribution in [1.29, 1.82) is 0 Å². The van der Waals surface area contributed by atoms with Crippen LogP contribution in [0.2, 0.25) is 0 Å². The molecule has 2 fully saturated rings. The van der Waals surface area contributed by atoms with Crippen LogP contribution in [0.15, 0.2) is 36.5 Å². The summed E-state index contributed by atoms with van der Waals surface area (Å²) in [6, 6.07) is 9.08. The van der Waals surface area contributed by atoms with Crippen molar-refractivity contribution in [3.8, 4) is 11.4 Å². The number of rotatable bonds is 5. The molecule has 3 N–H and O–H groups in total. The molecule has 6 rings (SSSR count). The third kappa shape index (κ3) is 4.79. The monoisotopic (exact) mass is 505 g/mol. The molecule has 0 aliphatic carbocycles. The van der Waals surface area contributed by atoms with Gasteiger partial charge in [-0.1, -0.05) is 0 Å². The first-order valence-corrected chi connectivity index (χ1v) is 13.2. The quantitative estimate of drug-likeness (QED) is 0.386. The average Bonchev–Trinajstić information content (AvgIpc) is 3.37. The van der Waals surface area contributed by atoms with E-state index < -0.39 is 5.60 Å². The summed E-state index contributed by atoms with van der Waals surface area (Å²) in [7, 11) is 0. The van der Waals surface area contributed by atoms with Gasteiger partial charge in [0.15, 0.2) is 11.6 Å². The summed E-state index contributed by atoms with van der Waals surface area (Å²) in [6.07, 6.45) is 3.82. The van der Waals surface area contributed by atoms with Crippen molar-refractivity contribution >= 4 is 27.8 Å². The summed E-state index contributed by atoms with van der Waals surface area (Å²) in [5, 5.41) is 11.1. The fourth-order valence-corrected chi connectivity index (χ4v) is 5.74. The first kappa shape index (κ1) is 24.2. The van der Waals surface area contributed by atoms with E-state index in [1.165, 1.54) is 11.0 Å². The maximum Gasteiger partial charge on any atom is 0.165 e. The molecule has 9 heteroatoms. The number of anilines is 1. The van der Waals surface area contributed by atoms with Crippen LogP contribution in [0.1, 0.15) is 32.4 Å². The van der Waals surface area contributed by atoms with E-state index in [1.807, 2.05) is 32.0 Å². The molecule has 0 amide bonds. The number of nitrogens with zero attached hydrogens (tertiary/aromatic N) is 4. The second kappa shape index (κ2) is 9.63. The van der Waals surface area contributed by atoms with Crippen LogP contribution in [0.4, 0.5) is 10.2 Å². The minimum atomic E-state index is -0.626. The second-order valence-corrected chi connectivity index (χ2v) is 10.9. The lowest BCUT2D eigenvalue weighted by molar-refractivity contribution is -0.920. The number of morpholine rings is 1. The molecule has 2 aliphatic heterocycles. The van der Waals surface area contributed by atoms with E-state index in [1.54, 1.807) is 12.3 Å². The molecule has 0 radical (unpaired) electrons. The number of hydrogen-bond donors (Lipinski definition) is 3. The largest absolute Gasteiger partial charge is 0.390 e. The smallest absolute Gasteiger partial charge is 0.165 e. The number of aromatic nitrogens is 4. The van der Waals surface area contributed by atoms with Crippen molar-refractivity contribution in [3.63, 3.8) is 0 Å². The third-order valence-corrected chi connectivity index (χ3v) is 7.92. The van der Waals surface area contributed by atoms with E-state index in [0.29, 0.717) is 49.1 Å². The summed E-state index contributed by atoms with van der Waals surface area (Å²) < 4.78 is 20.7. The number of pyridine rings is 1. The van der Waals surface area contributed by atoms with Gasteiger partial charge in [0.2, 0.25) is 0 Å². The summed E-state index contributed by atoms with van der Waals surface area (Å²) >= 11 is 0. The highest BCUT2D eigenvalue weighted by Crippen LogP contribution is 2.33. The molecule has 3 aromatic heterocycles. The van der Waals surface area contributed by atoms with Gasteiger partial charge in [-0.25, -0.2) is 19.3 Å². The van der Waals surface area contributed by atoms with E-state index in [0.717, 1.165) is 60.4 Å². The molecule has 0 unspecified atom stereocenters. The van der Waals surface area contributed by atoms with Crippen molar-refractivity contribution in [2.24, 2.45) is 5.92 Å². The fourth-order valence-electron chi connectivity index (χ4n) is 5.74. The lowest BCUT2D eigenvalue weighted by Gasteiger charge is -2.35. The Labute approximate surface area is 215 Å². The number of halogens is 1. The third-order valence-electron chi connectivity index (χ3n) is 7.92. The van der Waals surface area contributed by atoms with E-state index in [2.05, 4.69) is 9.88 Å². The van der Waals surface area contributed by atoms with Gasteiger partial charge in [0.25, 0.3) is 0 Å².